The first kappa shape index (κ1) is 18.0. The van der Waals surface area contributed by atoms with E-state index in [0.29, 0.717) is 23.5 Å². The highest BCUT2D eigenvalue weighted by Gasteiger charge is 2.36. The van der Waals surface area contributed by atoms with Crippen molar-refractivity contribution in [3.8, 4) is 0 Å². The van der Waals surface area contributed by atoms with Crippen LogP contribution in [0.4, 0.5) is 0 Å². The van der Waals surface area contributed by atoms with Gasteiger partial charge in [-0.15, -0.1) is 0 Å². The number of rotatable bonds is 6. The van der Waals surface area contributed by atoms with Gasteiger partial charge >= 0.3 is 0 Å². The Hall–Kier alpha value is -0.0800. The van der Waals surface area contributed by atoms with E-state index in [2.05, 4.69) is 58.8 Å². The van der Waals surface area contributed by atoms with Gasteiger partial charge in [-0.05, 0) is 51.1 Å². The Morgan fingerprint density at radius 1 is 1.20 bits per heavy atom. The summed E-state index contributed by atoms with van der Waals surface area (Å²) in [5.74, 6) is 0.939. The third kappa shape index (κ3) is 4.73. The van der Waals surface area contributed by atoms with Gasteiger partial charge in [0.25, 0.3) is 0 Å². The van der Waals surface area contributed by atoms with Gasteiger partial charge in [-0.3, -0.25) is 4.90 Å². The third-order valence-corrected chi connectivity index (χ3v) is 5.48. The van der Waals surface area contributed by atoms with Gasteiger partial charge in [0.2, 0.25) is 0 Å². The minimum atomic E-state index is 0.350. The van der Waals surface area contributed by atoms with Gasteiger partial charge in [0.1, 0.15) is 0 Å². The van der Waals surface area contributed by atoms with Crippen LogP contribution in [0.2, 0.25) is 0 Å². The predicted octanol–water partition coefficient (Wildman–Crippen LogP) is 4.30. The quantitative estimate of drug-likeness (QED) is 0.781. The lowest BCUT2D eigenvalue weighted by Gasteiger charge is -2.47. The lowest BCUT2D eigenvalue weighted by molar-refractivity contribution is 0.0435. The molecule has 0 bridgehead atoms. The van der Waals surface area contributed by atoms with Crippen LogP contribution in [0.3, 0.4) is 0 Å². The molecule has 0 amide bonds. The van der Waals surface area contributed by atoms with Crippen LogP contribution >= 0.6 is 0 Å². The average molecular weight is 283 g/mol. The fourth-order valence-electron chi connectivity index (χ4n) is 3.75. The van der Waals surface area contributed by atoms with E-state index in [1.807, 2.05) is 0 Å². The minimum Gasteiger partial charge on any atom is -0.313 e. The monoisotopic (exact) mass is 282 g/mol. The molecule has 0 radical (unpaired) electrons. The molecule has 1 N–H and O–H groups in total. The molecule has 1 fully saturated rings. The molecule has 1 aliphatic rings. The maximum absolute atomic E-state index is 3.74. The largest absolute Gasteiger partial charge is 0.313 e. The van der Waals surface area contributed by atoms with Crippen molar-refractivity contribution < 1.29 is 0 Å². The van der Waals surface area contributed by atoms with E-state index in [-0.39, 0.29) is 0 Å². The second-order valence-corrected chi connectivity index (χ2v) is 7.91. The molecular formula is C18H38N2. The van der Waals surface area contributed by atoms with E-state index >= 15 is 0 Å². The molecule has 2 heteroatoms. The summed E-state index contributed by atoms with van der Waals surface area (Å²) >= 11 is 0. The van der Waals surface area contributed by atoms with Gasteiger partial charge in [-0.25, -0.2) is 0 Å². The minimum absolute atomic E-state index is 0.350. The average Bonchev–Trinajstić information content (AvgIpc) is 2.38. The van der Waals surface area contributed by atoms with Gasteiger partial charge in [0.05, 0.1) is 0 Å². The highest BCUT2D eigenvalue weighted by Crippen LogP contribution is 2.34. The van der Waals surface area contributed by atoms with Crippen LogP contribution < -0.4 is 5.32 Å². The Bertz CT molecular complexity index is 269. The zero-order chi connectivity index (χ0) is 15.3. The predicted molar refractivity (Wildman–Crippen MR) is 90.2 cm³/mol. The molecule has 0 aromatic heterocycles. The van der Waals surface area contributed by atoms with Crippen LogP contribution in [0.25, 0.3) is 0 Å². The molecule has 0 spiro atoms. The second kappa shape index (κ2) is 7.79. The molecule has 0 aromatic carbocycles. The van der Waals surface area contributed by atoms with Crippen molar-refractivity contribution >= 4 is 0 Å². The summed E-state index contributed by atoms with van der Waals surface area (Å²) in [5, 5.41) is 3.74. The Kier molecular flexibility index (Phi) is 7.00. The fourth-order valence-corrected chi connectivity index (χ4v) is 3.75. The molecule has 1 rings (SSSR count). The van der Waals surface area contributed by atoms with Crippen LogP contribution in [0.15, 0.2) is 0 Å². The van der Waals surface area contributed by atoms with Crippen LogP contribution in [0.1, 0.15) is 73.6 Å². The summed E-state index contributed by atoms with van der Waals surface area (Å²) in [4.78, 5) is 2.66. The summed E-state index contributed by atoms with van der Waals surface area (Å²) in [6, 6.07) is 2.01. The van der Waals surface area contributed by atoms with Gasteiger partial charge in [-0.1, -0.05) is 47.5 Å². The van der Waals surface area contributed by atoms with E-state index in [1.165, 1.54) is 32.1 Å². The maximum atomic E-state index is 3.74. The van der Waals surface area contributed by atoms with Crippen molar-refractivity contribution in [2.24, 2.45) is 11.3 Å². The Balaban J connectivity index is 2.77. The van der Waals surface area contributed by atoms with Gasteiger partial charge < -0.3 is 5.32 Å². The number of nitrogens with zero attached hydrogens (tertiary/aromatic N) is 1. The fraction of sp³-hybridized carbons (Fsp3) is 1.00. The summed E-state index contributed by atoms with van der Waals surface area (Å²) < 4.78 is 0. The molecule has 20 heavy (non-hydrogen) atoms. The molecular weight excluding hydrogens is 244 g/mol. The topological polar surface area (TPSA) is 15.3 Å². The molecule has 1 aliphatic carbocycles. The van der Waals surface area contributed by atoms with Gasteiger partial charge in [-0.2, -0.15) is 0 Å². The zero-order valence-electron chi connectivity index (χ0n) is 15.0. The van der Waals surface area contributed by atoms with E-state index in [0.717, 1.165) is 12.5 Å². The molecule has 0 saturated heterocycles. The molecule has 2 nitrogen and oxygen atoms in total. The van der Waals surface area contributed by atoms with Gasteiger partial charge in [0.15, 0.2) is 0 Å². The van der Waals surface area contributed by atoms with E-state index < -0.39 is 0 Å². The van der Waals surface area contributed by atoms with E-state index in [9.17, 15) is 0 Å². The highest BCUT2D eigenvalue weighted by molar-refractivity contribution is 4.93. The highest BCUT2D eigenvalue weighted by atomic mass is 15.2. The standard InChI is InChI=1S/C18H38N2/c1-8-10-15-11-12-16(19-9-2)17(13-15)20(7)14(3)18(4,5)6/h14-17,19H,8-13H2,1-7H3. The van der Waals surface area contributed by atoms with Crippen molar-refractivity contribution in [2.75, 3.05) is 13.6 Å². The molecule has 0 aromatic rings. The Morgan fingerprint density at radius 2 is 1.85 bits per heavy atom. The SMILES string of the molecule is CCCC1CCC(NCC)C(N(C)C(C)C(C)(C)C)C1. The van der Waals surface area contributed by atoms with Crippen molar-refractivity contribution in [1.82, 2.24) is 10.2 Å². The first-order valence-electron chi connectivity index (χ1n) is 8.76. The lowest BCUT2D eigenvalue weighted by Crippen LogP contribution is -2.56. The molecule has 0 heterocycles. The number of hydrogen-bond acceptors (Lipinski definition) is 2. The molecule has 120 valence electrons. The number of nitrogens with one attached hydrogen (secondary N) is 1. The zero-order valence-corrected chi connectivity index (χ0v) is 15.0. The van der Waals surface area contributed by atoms with Crippen molar-refractivity contribution in [1.29, 1.82) is 0 Å². The maximum Gasteiger partial charge on any atom is 0.0251 e. The first-order chi connectivity index (χ1) is 9.31. The lowest BCUT2D eigenvalue weighted by atomic mass is 9.77. The summed E-state index contributed by atoms with van der Waals surface area (Å²) in [5.41, 5.74) is 0.350. The van der Waals surface area contributed by atoms with Gasteiger partial charge in [0, 0.05) is 18.1 Å². The molecule has 1 saturated carbocycles. The summed E-state index contributed by atoms with van der Waals surface area (Å²) in [6.07, 6.45) is 6.89. The smallest absolute Gasteiger partial charge is 0.0251 e. The molecule has 4 atom stereocenters. The normalized spacial score (nSPS) is 29.7. The first-order valence-corrected chi connectivity index (χ1v) is 8.76. The van der Waals surface area contributed by atoms with E-state index in [4.69, 9.17) is 0 Å². The van der Waals surface area contributed by atoms with Crippen LogP contribution in [-0.4, -0.2) is 36.6 Å². The van der Waals surface area contributed by atoms with Crippen LogP contribution in [-0.2, 0) is 0 Å². The number of likely N-dealkylation sites (N-methyl/N-ethyl adjacent to an activating group) is 2. The third-order valence-electron chi connectivity index (χ3n) is 5.48. The summed E-state index contributed by atoms with van der Waals surface area (Å²) in [6.45, 7) is 15.1. The Morgan fingerprint density at radius 3 is 2.35 bits per heavy atom. The van der Waals surface area contributed by atoms with Crippen molar-refractivity contribution in [3.63, 3.8) is 0 Å². The molecule has 4 unspecified atom stereocenters. The second-order valence-electron chi connectivity index (χ2n) is 7.91. The number of hydrogen-bond donors (Lipinski definition) is 1. The van der Waals surface area contributed by atoms with Crippen LogP contribution in [0.5, 0.6) is 0 Å². The summed E-state index contributed by atoms with van der Waals surface area (Å²) in [7, 11) is 2.35. The van der Waals surface area contributed by atoms with Crippen LogP contribution in [0, 0.1) is 11.3 Å². The molecule has 0 aliphatic heterocycles. The van der Waals surface area contributed by atoms with E-state index in [1.54, 1.807) is 0 Å². The Labute approximate surface area is 127 Å². The van der Waals surface area contributed by atoms with Crippen molar-refractivity contribution in [2.45, 2.75) is 91.8 Å². The van der Waals surface area contributed by atoms with Crippen molar-refractivity contribution in [3.05, 3.63) is 0 Å².